The van der Waals surface area contributed by atoms with E-state index in [0.29, 0.717) is 5.69 Å². The number of rotatable bonds is 2. The molecular formula is C24H15NO2S. The Morgan fingerprint density at radius 2 is 1.21 bits per heavy atom. The number of carbonyl (C=O) groups excluding carboxylic acids is 1. The molecule has 0 fully saturated rings. The van der Waals surface area contributed by atoms with E-state index in [1.807, 2.05) is 18.2 Å². The first-order valence-corrected chi connectivity index (χ1v) is 9.74. The maximum Gasteiger partial charge on any atom is 0.261 e. The van der Waals surface area contributed by atoms with Crippen LogP contribution in [0.25, 0.3) is 43.1 Å². The van der Waals surface area contributed by atoms with Gasteiger partial charge < -0.3 is 5.32 Å². The number of hydrogen-bond acceptors (Lipinski definition) is 2. The fourth-order valence-electron chi connectivity index (χ4n) is 3.79. The lowest BCUT2D eigenvalue weighted by Gasteiger charge is -2.10. The molecule has 4 heteroatoms. The Morgan fingerprint density at radius 3 is 1.86 bits per heavy atom. The second-order valence-electron chi connectivity index (χ2n) is 6.83. The van der Waals surface area contributed by atoms with Crippen molar-refractivity contribution in [1.29, 1.82) is 0 Å². The van der Waals surface area contributed by atoms with E-state index in [0.717, 1.165) is 26.9 Å². The summed E-state index contributed by atoms with van der Waals surface area (Å²) in [4.78, 5) is 11.8. The maximum atomic E-state index is 11.8. The zero-order valence-electron chi connectivity index (χ0n) is 14.8. The molecule has 0 bridgehead atoms. The van der Waals surface area contributed by atoms with E-state index in [9.17, 15) is 9.00 Å². The maximum absolute atomic E-state index is 11.8. The molecule has 0 spiro atoms. The Balaban J connectivity index is 1.76. The van der Waals surface area contributed by atoms with Crippen LogP contribution in [0.15, 0.2) is 78.9 Å². The van der Waals surface area contributed by atoms with Gasteiger partial charge in [0, 0.05) is 11.1 Å². The van der Waals surface area contributed by atoms with E-state index in [1.165, 1.54) is 21.5 Å². The van der Waals surface area contributed by atoms with Crippen LogP contribution >= 0.6 is 0 Å². The van der Waals surface area contributed by atoms with E-state index in [-0.39, 0.29) is 11.3 Å². The highest BCUT2D eigenvalue weighted by atomic mass is 32.1. The molecule has 3 nitrogen and oxygen atoms in total. The third-order valence-corrected chi connectivity index (χ3v) is 5.38. The van der Waals surface area contributed by atoms with Crippen molar-refractivity contribution in [3.05, 3.63) is 78.9 Å². The first-order chi connectivity index (χ1) is 13.7. The van der Waals surface area contributed by atoms with Crippen LogP contribution in [0.1, 0.15) is 0 Å². The summed E-state index contributed by atoms with van der Waals surface area (Å²) in [5.41, 5.74) is 0.702. The lowest BCUT2D eigenvalue weighted by atomic mass is 9.97. The summed E-state index contributed by atoms with van der Waals surface area (Å²) in [6.07, 6.45) is 0. The summed E-state index contributed by atoms with van der Waals surface area (Å²) in [6, 6.07) is 27.2. The van der Waals surface area contributed by atoms with Gasteiger partial charge in [-0.3, -0.25) is 4.79 Å². The number of nitrogens with one attached hydrogen (secondary N) is 1. The number of fused-ring (bicyclic) bond motifs is 4. The minimum Gasteiger partial charge on any atom is -0.321 e. The van der Waals surface area contributed by atoms with Crippen LogP contribution in [0.4, 0.5) is 5.69 Å². The zero-order valence-corrected chi connectivity index (χ0v) is 15.6. The van der Waals surface area contributed by atoms with Gasteiger partial charge in [0.25, 0.3) is 5.91 Å². The van der Waals surface area contributed by atoms with Gasteiger partial charge in [0.05, 0.1) is 16.6 Å². The summed E-state index contributed by atoms with van der Waals surface area (Å²) >= 11 is 0.152. The highest BCUT2D eigenvalue weighted by molar-refractivity contribution is 7.66. The highest BCUT2D eigenvalue weighted by Gasteiger charge is 2.07. The molecule has 1 N–H and O–H groups in total. The highest BCUT2D eigenvalue weighted by Crippen LogP contribution is 2.32. The molecule has 0 aliphatic rings. The van der Waals surface area contributed by atoms with Crippen LogP contribution in [0.5, 0.6) is 0 Å². The van der Waals surface area contributed by atoms with Gasteiger partial charge in [0.15, 0.2) is 0 Å². The minimum atomic E-state index is -0.405. The van der Waals surface area contributed by atoms with Crippen molar-refractivity contribution in [3.63, 3.8) is 0 Å². The van der Waals surface area contributed by atoms with Crippen LogP contribution in [0.3, 0.4) is 0 Å². The molecule has 5 aromatic rings. The van der Waals surface area contributed by atoms with Gasteiger partial charge in [0.2, 0.25) is 0 Å². The van der Waals surface area contributed by atoms with E-state index >= 15 is 0 Å². The third-order valence-electron chi connectivity index (χ3n) is 5.07. The molecule has 134 valence electrons. The monoisotopic (exact) mass is 381 g/mol. The molecule has 0 saturated carbocycles. The number of benzene rings is 5. The van der Waals surface area contributed by atoms with Crippen molar-refractivity contribution >= 4 is 71.3 Å². The Hall–Kier alpha value is -3.50. The summed E-state index contributed by atoms with van der Waals surface area (Å²) in [5, 5.41) is 12.9. The topological polar surface area (TPSA) is 46.2 Å². The summed E-state index contributed by atoms with van der Waals surface area (Å²) in [7, 11) is 0. The van der Waals surface area contributed by atoms with Crippen molar-refractivity contribution in [2.24, 2.45) is 0 Å². The first-order valence-electron chi connectivity index (χ1n) is 8.93. The Labute approximate surface area is 164 Å². The Morgan fingerprint density at radius 1 is 0.679 bits per heavy atom. The molecular weight excluding hydrogens is 366 g/mol. The quantitative estimate of drug-likeness (QED) is 0.335. The Bertz CT molecular complexity index is 1470. The van der Waals surface area contributed by atoms with E-state index in [1.54, 1.807) is 0 Å². The fourth-order valence-corrected chi connectivity index (χ4v) is 3.93. The number of amides is 1. The molecule has 5 aromatic carbocycles. The third kappa shape index (κ3) is 2.84. The van der Waals surface area contributed by atoms with Gasteiger partial charge in [-0.25, -0.2) is 4.21 Å². The minimum absolute atomic E-state index is 0.152. The molecule has 5 rings (SSSR count). The van der Waals surface area contributed by atoms with Gasteiger partial charge >= 0.3 is 0 Å². The predicted molar refractivity (Wildman–Crippen MR) is 119 cm³/mol. The van der Waals surface area contributed by atoms with E-state index in [4.69, 9.17) is 0 Å². The average Bonchev–Trinajstić information content (AvgIpc) is 2.70. The number of carbonyl (C=O) groups is 1. The van der Waals surface area contributed by atoms with Gasteiger partial charge in [-0.2, -0.15) is 0 Å². The van der Waals surface area contributed by atoms with Gasteiger partial charge in [0.1, 0.15) is 0 Å². The van der Waals surface area contributed by atoms with Crippen molar-refractivity contribution < 1.29 is 9.00 Å². The number of hydrogen-bond donors (Lipinski definition) is 1. The normalized spacial score (nSPS) is 11.1. The van der Waals surface area contributed by atoms with Crippen molar-refractivity contribution in [1.82, 2.24) is 0 Å². The van der Waals surface area contributed by atoms with Gasteiger partial charge in [-0.15, -0.1) is 0 Å². The summed E-state index contributed by atoms with van der Waals surface area (Å²) in [6.45, 7) is 0. The van der Waals surface area contributed by atoms with Crippen LogP contribution < -0.4 is 5.32 Å². The second-order valence-corrected chi connectivity index (χ2v) is 7.26. The molecule has 0 radical (unpaired) electrons. The van der Waals surface area contributed by atoms with Crippen molar-refractivity contribution in [3.8, 4) is 0 Å². The predicted octanol–water partition coefficient (Wildman–Crippen LogP) is 5.25. The molecule has 1 amide bonds. The van der Waals surface area contributed by atoms with Crippen molar-refractivity contribution in [2.75, 3.05) is 5.32 Å². The largest absolute Gasteiger partial charge is 0.321 e. The standard InChI is InChI=1S/C24H15NO2S/c26-24(14-28-27)25-23-7-3-6-17-10-20-11-18-8-15-4-1-2-5-16(15)9-19(18)12-21(20)13-22(17)23/h1-14H,(H,25,26). The smallest absolute Gasteiger partial charge is 0.261 e. The lowest BCUT2D eigenvalue weighted by molar-refractivity contribution is -0.109. The lowest BCUT2D eigenvalue weighted by Crippen LogP contribution is -2.12. The van der Waals surface area contributed by atoms with E-state index in [2.05, 4.69) is 66.0 Å². The van der Waals surface area contributed by atoms with Gasteiger partial charge in [-0.1, -0.05) is 36.4 Å². The van der Waals surface area contributed by atoms with Crippen LogP contribution in [0.2, 0.25) is 0 Å². The van der Waals surface area contributed by atoms with Gasteiger partial charge in [-0.05, 0) is 80.2 Å². The second kappa shape index (κ2) is 6.59. The van der Waals surface area contributed by atoms with Crippen LogP contribution in [-0.4, -0.2) is 15.5 Å². The fraction of sp³-hybridized carbons (Fsp3) is 0. The van der Waals surface area contributed by atoms with Crippen LogP contribution in [-0.2, 0) is 16.1 Å². The SMILES string of the molecule is O=S=CC(=O)Nc1cccc2cc3cc4cc5ccccc5cc4cc3cc12. The molecule has 0 heterocycles. The molecule has 28 heavy (non-hydrogen) atoms. The Kier molecular flexibility index (Phi) is 3.92. The molecule has 0 aliphatic carbocycles. The molecule has 0 atom stereocenters. The summed E-state index contributed by atoms with van der Waals surface area (Å²) in [5.74, 6) is -0.405. The van der Waals surface area contributed by atoms with Crippen molar-refractivity contribution in [2.45, 2.75) is 0 Å². The van der Waals surface area contributed by atoms with E-state index < -0.39 is 5.91 Å². The van der Waals surface area contributed by atoms with Crippen LogP contribution in [0, 0.1) is 0 Å². The molecule has 0 unspecified atom stereocenters. The first kappa shape index (κ1) is 16.7. The number of anilines is 1. The molecule has 0 saturated heterocycles. The summed E-state index contributed by atoms with van der Waals surface area (Å²) < 4.78 is 10.6. The average molecular weight is 381 g/mol. The molecule has 0 aliphatic heterocycles. The molecule has 0 aromatic heterocycles. The zero-order chi connectivity index (χ0) is 19.1.